The lowest BCUT2D eigenvalue weighted by atomic mass is 9.99. The Morgan fingerprint density at radius 1 is 0.692 bits per heavy atom. The van der Waals surface area contributed by atoms with E-state index in [4.69, 9.17) is 0 Å². The van der Waals surface area contributed by atoms with Crippen LogP contribution in [0.25, 0.3) is 0 Å². The summed E-state index contributed by atoms with van der Waals surface area (Å²) in [5.41, 5.74) is 4.85. The molecule has 4 aromatic rings. The average molecular weight is 521 g/mol. The van der Waals surface area contributed by atoms with Crippen molar-refractivity contribution in [2.75, 3.05) is 7.05 Å². The number of carbonyl (C=O) groups excluding carboxylic acids is 1. The van der Waals surface area contributed by atoms with Crippen LogP contribution in [0.4, 0.5) is 4.79 Å². The van der Waals surface area contributed by atoms with Gasteiger partial charge in [0.25, 0.3) is 0 Å². The number of aromatic nitrogens is 1. The number of nitrogens with zero attached hydrogens (tertiary/aromatic N) is 3. The Bertz CT molecular complexity index is 1170. The Morgan fingerprint density at radius 2 is 1.21 bits per heavy atom. The number of carbonyl (C=O) groups is 1. The lowest BCUT2D eigenvalue weighted by molar-refractivity contribution is 0.0223. The zero-order chi connectivity index (χ0) is 27.1. The number of hydrazine groups is 1. The van der Waals surface area contributed by atoms with Crippen molar-refractivity contribution in [1.82, 2.24) is 20.3 Å². The van der Waals surface area contributed by atoms with Crippen LogP contribution < -0.4 is 5.32 Å². The lowest BCUT2D eigenvalue weighted by Crippen LogP contribution is -2.51. The molecule has 2 amide bonds. The smallest absolute Gasteiger partial charge is 0.332 e. The molecule has 39 heavy (non-hydrogen) atoms. The van der Waals surface area contributed by atoms with Crippen LogP contribution in [-0.4, -0.2) is 34.1 Å². The lowest BCUT2D eigenvalue weighted by Gasteiger charge is -2.34. The zero-order valence-electron chi connectivity index (χ0n) is 23.0. The predicted octanol–water partition coefficient (Wildman–Crippen LogP) is 7.05. The largest absolute Gasteiger partial charge is 0.334 e. The van der Waals surface area contributed by atoms with E-state index < -0.39 is 0 Å². The van der Waals surface area contributed by atoms with Crippen molar-refractivity contribution >= 4 is 6.03 Å². The Balaban J connectivity index is 1.43. The number of rotatable bonds is 14. The first-order valence-electron chi connectivity index (χ1n) is 14.0. The van der Waals surface area contributed by atoms with Crippen molar-refractivity contribution in [3.8, 4) is 0 Å². The van der Waals surface area contributed by atoms with Gasteiger partial charge in [0.1, 0.15) is 0 Å². The van der Waals surface area contributed by atoms with Gasteiger partial charge in [-0.3, -0.25) is 9.99 Å². The van der Waals surface area contributed by atoms with E-state index in [1.165, 1.54) is 16.7 Å². The highest BCUT2D eigenvalue weighted by molar-refractivity contribution is 5.74. The quantitative estimate of drug-likeness (QED) is 0.181. The number of benzene rings is 3. The van der Waals surface area contributed by atoms with Gasteiger partial charge in [0.05, 0.1) is 6.54 Å². The summed E-state index contributed by atoms with van der Waals surface area (Å²) in [4.78, 5) is 18.1. The fraction of sp³-hybridized carbons (Fsp3) is 0.294. The Kier molecular flexibility index (Phi) is 11.1. The number of urea groups is 1. The van der Waals surface area contributed by atoms with Gasteiger partial charge in [-0.05, 0) is 66.8 Å². The van der Waals surface area contributed by atoms with E-state index in [0.29, 0.717) is 13.1 Å². The van der Waals surface area contributed by atoms with Crippen LogP contribution in [0.15, 0.2) is 116 Å². The van der Waals surface area contributed by atoms with E-state index in [-0.39, 0.29) is 12.1 Å². The molecule has 5 heteroatoms. The molecule has 0 aliphatic carbocycles. The van der Waals surface area contributed by atoms with Crippen LogP contribution in [-0.2, 0) is 25.9 Å². The maximum absolute atomic E-state index is 13.8. The fourth-order valence-electron chi connectivity index (χ4n) is 4.87. The molecule has 4 rings (SSSR count). The minimum atomic E-state index is -0.0524. The minimum absolute atomic E-state index is 0.0524. The molecule has 3 aromatic carbocycles. The highest BCUT2D eigenvalue weighted by atomic mass is 16.2. The fourth-order valence-corrected chi connectivity index (χ4v) is 4.87. The van der Waals surface area contributed by atoms with E-state index in [1.807, 2.05) is 71.9 Å². The molecule has 0 saturated carbocycles. The average Bonchev–Trinajstić information content (AvgIpc) is 2.98. The monoisotopic (exact) mass is 520 g/mol. The van der Waals surface area contributed by atoms with Crippen LogP contribution in [0.3, 0.4) is 0 Å². The van der Waals surface area contributed by atoms with Gasteiger partial charge in [-0.2, -0.15) is 0 Å². The molecule has 1 aromatic heterocycles. The second-order valence-corrected chi connectivity index (χ2v) is 10.1. The molecule has 0 radical (unpaired) electrons. The standard InChI is InChI=1S/C34H40N4O/c1-37(27-31-16-7-3-8-17-31)38(28-32-18-9-4-10-19-32)34(39)36-33(23-11-20-29-14-5-2-6-15-29)24-12-21-30-22-13-25-35-26-30/h2-10,13-19,22,25-26,33H,11-12,20-21,23-24,27-28H2,1H3,(H,36,39). The number of amides is 2. The van der Waals surface area contributed by atoms with Crippen molar-refractivity contribution < 1.29 is 4.79 Å². The molecule has 0 bridgehead atoms. The molecule has 0 spiro atoms. The first kappa shape index (κ1) is 28.1. The van der Waals surface area contributed by atoms with Crippen LogP contribution in [0, 0.1) is 0 Å². The predicted molar refractivity (Wildman–Crippen MR) is 159 cm³/mol. The molecule has 1 unspecified atom stereocenters. The van der Waals surface area contributed by atoms with Crippen molar-refractivity contribution in [3.63, 3.8) is 0 Å². The van der Waals surface area contributed by atoms with Crippen molar-refractivity contribution in [1.29, 1.82) is 0 Å². The topological polar surface area (TPSA) is 48.5 Å². The van der Waals surface area contributed by atoms with Gasteiger partial charge in [0.2, 0.25) is 0 Å². The molecular weight excluding hydrogens is 480 g/mol. The summed E-state index contributed by atoms with van der Waals surface area (Å²) in [5, 5.41) is 7.27. The molecule has 5 nitrogen and oxygen atoms in total. The normalized spacial score (nSPS) is 11.7. The van der Waals surface area contributed by atoms with Crippen molar-refractivity contribution in [2.45, 2.75) is 57.7 Å². The van der Waals surface area contributed by atoms with Crippen LogP contribution in [0.1, 0.15) is 47.9 Å². The molecule has 0 aliphatic heterocycles. The van der Waals surface area contributed by atoms with E-state index in [0.717, 1.165) is 44.1 Å². The van der Waals surface area contributed by atoms with Crippen molar-refractivity contribution in [2.24, 2.45) is 0 Å². The highest BCUT2D eigenvalue weighted by Gasteiger charge is 2.22. The van der Waals surface area contributed by atoms with Gasteiger partial charge in [0.15, 0.2) is 0 Å². The molecule has 1 atom stereocenters. The van der Waals surface area contributed by atoms with Crippen LogP contribution >= 0.6 is 0 Å². The van der Waals surface area contributed by atoms with E-state index in [9.17, 15) is 4.79 Å². The first-order chi connectivity index (χ1) is 19.2. The van der Waals surface area contributed by atoms with Gasteiger partial charge in [0, 0.05) is 32.0 Å². The Morgan fingerprint density at radius 3 is 1.77 bits per heavy atom. The van der Waals surface area contributed by atoms with Gasteiger partial charge < -0.3 is 5.32 Å². The molecule has 0 aliphatic rings. The Labute approximate surface area is 233 Å². The summed E-state index contributed by atoms with van der Waals surface area (Å²) in [6.07, 6.45) is 9.61. The molecule has 0 fully saturated rings. The number of hydrogen-bond donors (Lipinski definition) is 1. The summed E-state index contributed by atoms with van der Waals surface area (Å²) in [6.45, 7) is 1.17. The van der Waals surface area contributed by atoms with Gasteiger partial charge in [-0.1, -0.05) is 97.1 Å². The maximum Gasteiger partial charge on any atom is 0.332 e. The van der Waals surface area contributed by atoms with E-state index in [2.05, 4.69) is 71.0 Å². The van der Waals surface area contributed by atoms with Gasteiger partial charge in [-0.25, -0.2) is 9.80 Å². The summed E-state index contributed by atoms with van der Waals surface area (Å²) in [5.74, 6) is 0. The van der Waals surface area contributed by atoms with Gasteiger partial charge in [-0.15, -0.1) is 0 Å². The number of nitrogens with one attached hydrogen (secondary N) is 1. The zero-order valence-corrected chi connectivity index (χ0v) is 23.0. The molecule has 1 N–H and O–H groups in total. The summed E-state index contributed by atoms with van der Waals surface area (Å²) >= 11 is 0. The SMILES string of the molecule is CN(Cc1ccccc1)N(Cc1ccccc1)C(=O)NC(CCCc1ccccc1)CCCc1cccnc1. The van der Waals surface area contributed by atoms with Crippen LogP contribution in [0.2, 0.25) is 0 Å². The second-order valence-electron chi connectivity index (χ2n) is 10.1. The Hall–Kier alpha value is -3.96. The first-order valence-corrected chi connectivity index (χ1v) is 14.0. The highest BCUT2D eigenvalue weighted by Crippen LogP contribution is 2.15. The maximum atomic E-state index is 13.8. The number of hydrogen-bond acceptors (Lipinski definition) is 3. The molecule has 202 valence electrons. The summed E-state index contributed by atoms with van der Waals surface area (Å²) in [7, 11) is 1.99. The third-order valence-corrected chi connectivity index (χ3v) is 7.01. The summed E-state index contributed by atoms with van der Waals surface area (Å²) in [6, 6.07) is 35.2. The second kappa shape index (κ2) is 15.5. The molecular formula is C34H40N4O. The van der Waals surface area contributed by atoms with Crippen LogP contribution in [0.5, 0.6) is 0 Å². The van der Waals surface area contributed by atoms with Crippen molar-refractivity contribution in [3.05, 3.63) is 138 Å². The van der Waals surface area contributed by atoms with Gasteiger partial charge >= 0.3 is 6.03 Å². The third kappa shape index (κ3) is 9.69. The number of pyridine rings is 1. The third-order valence-electron chi connectivity index (χ3n) is 7.01. The van der Waals surface area contributed by atoms with E-state index in [1.54, 1.807) is 0 Å². The molecule has 1 heterocycles. The minimum Gasteiger partial charge on any atom is -0.334 e. The number of aryl methyl sites for hydroxylation is 2. The van der Waals surface area contributed by atoms with E-state index >= 15 is 0 Å². The molecule has 0 saturated heterocycles. The summed E-state index contributed by atoms with van der Waals surface area (Å²) < 4.78 is 0.